The predicted molar refractivity (Wildman–Crippen MR) is 148 cm³/mol. The van der Waals surface area contributed by atoms with E-state index in [0.29, 0.717) is 48.5 Å². The van der Waals surface area contributed by atoms with Gasteiger partial charge in [0.2, 0.25) is 5.88 Å². The Kier molecular flexibility index (Phi) is 6.58. The van der Waals surface area contributed by atoms with E-state index < -0.39 is 5.54 Å². The molecule has 0 radical (unpaired) electrons. The first-order valence-corrected chi connectivity index (χ1v) is 13.7. The molecule has 3 N–H and O–H groups in total. The van der Waals surface area contributed by atoms with E-state index in [2.05, 4.69) is 15.3 Å². The molecular formula is C29H34N6O5. The van der Waals surface area contributed by atoms with Crippen molar-refractivity contribution in [3.05, 3.63) is 47.4 Å². The molecule has 3 aromatic rings. The molecule has 11 heteroatoms. The molecule has 0 saturated carbocycles. The van der Waals surface area contributed by atoms with E-state index in [0.717, 1.165) is 29.2 Å². The van der Waals surface area contributed by atoms with Crippen LogP contribution in [-0.4, -0.2) is 69.7 Å². The molecule has 0 unspecified atom stereocenters. The normalized spacial score (nSPS) is 23.0. The zero-order valence-corrected chi connectivity index (χ0v) is 23.1. The Hall–Kier alpha value is -3.83. The molecule has 3 atom stereocenters. The number of aromatic nitrogens is 3. The first kappa shape index (κ1) is 26.4. The highest BCUT2D eigenvalue weighted by molar-refractivity contribution is 5.93. The molecule has 6 heterocycles. The molecule has 11 nitrogen and oxygen atoms in total. The van der Waals surface area contributed by atoms with Gasteiger partial charge in [-0.1, -0.05) is 6.92 Å². The number of rotatable bonds is 6. The number of esters is 1. The average Bonchev–Trinajstić information content (AvgIpc) is 3.43. The number of pyridine rings is 3. The summed E-state index contributed by atoms with van der Waals surface area (Å²) in [5, 5.41) is 4.85. The minimum Gasteiger partial charge on any atom is -0.470 e. The van der Waals surface area contributed by atoms with Gasteiger partial charge in [0.25, 0.3) is 5.91 Å². The topological polar surface area (TPSA) is 142 Å². The highest BCUT2D eigenvalue weighted by atomic mass is 16.5. The van der Waals surface area contributed by atoms with Crippen LogP contribution in [0.3, 0.4) is 0 Å². The number of hydrogen-bond donors (Lipinski definition) is 2. The standard InChI is InChI=1S/C29H34N6O5/c1-15-16(2)39-28(37)18-7-8-23(34-25(15)18)33-24-10-19-20(11-31-24)26(32-12-21(19)29(3,4)30)40-17-13-35(14-17)27(36)22-6-5-9-38-22/h7-8,10-12,15-17,22H,5-6,9,13-14,30H2,1-4H3,(H,31,33,34)/t15-,16-,22-/m0/s1. The number of nitrogens with two attached hydrogens (primary N) is 1. The predicted octanol–water partition coefficient (Wildman–Crippen LogP) is 3.39. The smallest absolute Gasteiger partial charge is 0.340 e. The first-order chi connectivity index (χ1) is 19.1. The van der Waals surface area contributed by atoms with E-state index >= 15 is 0 Å². The Morgan fingerprint density at radius 2 is 1.95 bits per heavy atom. The van der Waals surface area contributed by atoms with Gasteiger partial charge in [-0.05, 0) is 62.8 Å². The second-order valence-corrected chi connectivity index (χ2v) is 11.5. The van der Waals surface area contributed by atoms with Crippen molar-refractivity contribution in [2.75, 3.05) is 25.0 Å². The summed E-state index contributed by atoms with van der Waals surface area (Å²) in [5.74, 6) is 1.23. The van der Waals surface area contributed by atoms with Crippen molar-refractivity contribution >= 4 is 34.3 Å². The molecule has 2 saturated heterocycles. The van der Waals surface area contributed by atoms with Crippen molar-refractivity contribution in [3.8, 4) is 5.88 Å². The highest BCUT2D eigenvalue weighted by Gasteiger charge is 2.38. The van der Waals surface area contributed by atoms with Gasteiger partial charge in [-0.15, -0.1) is 0 Å². The second kappa shape index (κ2) is 9.97. The lowest BCUT2D eigenvalue weighted by Crippen LogP contribution is -2.58. The summed E-state index contributed by atoms with van der Waals surface area (Å²) in [6.45, 7) is 9.33. The third-order valence-corrected chi connectivity index (χ3v) is 7.90. The maximum absolute atomic E-state index is 12.6. The maximum Gasteiger partial charge on any atom is 0.340 e. The molecule has 1 amide bonds. The van der Waals surface area contributed by atoms with E-state index in [1.807, 2.05) is 33.8 Å². The first-order valence-electron chi connectivity index (χ1n) is 13.7. The highest BCUT2D eigenvalue weighted by Crippen LogP contribution is 2.35. The number of likely N-dealkylation sites (tertiary alicyclic amines) is 1. The molecule has 210 valence electrons. The van der Waals surface area contributed by atoms with Gasteiger partial charge in [-0.3, -0.25) is 4.79 Å². The minimum atomic E-state index is -0.667. The van der Waals surface area contributed by atoms with Crippen LogP contribution in [0.1, 0.15) is 68.1 Å². The molecule has 0 aliphatic carbocycles. The number of fused-ring (bicyclic) bond motifs is 2. The fourth-order valence-electron chi connectivity index (χ4n) is 5.37. The molecule has 3 aliphatic rings. The molecule has 2 fully saturated rings. The Morgan fingerprint density at radius 1 is 1.15 bits per heavy atom. The second-order valence-electron chi connectivity index (χ2n) is 11.5. The zero-order chi connectivity index (χ0) is 28.2. The van der Waals surface area contributed by atoms with Gasteiger partial charge in [-0.25, -0.2) is 19.7 Å². The Labute approximate surface area is 232 Å². The van der Waals surface area contributed by atoms with Gasteiger partial charge in [0.15, 0.2) is 0 Å². The van der Waals surface area contributed by atoms with Crippen molar-refractivity contribution in [1.29, 1.82) is 0 Å². The average molecular weight is 547 g/mol. The van der Waals surface area contributed by atoms with Crippen molar-refractivity contribution in [1.82, 2.24) is 19.9 Å². The molecule has 0 bridgehead atoms. The third-order valence-electron chi connectivity index (χ3n) is 7.90. The number of cyclic esters (lactones) is 1. The SMILES string of the molecule is C[C@@H]1OC(=O)c2ccc(Nc3cc4c(C(C)(C)N)cnc(OC5CN(C(=O)[C@@H]6CCCO6)C5)c4cn3)nc2[C@H]1C. The lowest BCUT2D eigenvalue weighted by atomic mass is 9.93. The van der Waals surface area contributed by atoms with E-state index in [9.17, 15) is 9.59 Å². The molecule has 3 aromatic heterocycles. The van der Waals surface area contributed by atoms with Crippen molar-refractivity contribution in [2.24, 2.45) is 5.73 Å². The molecule has 40 heavy (non-hydrogen) atoms. The van der Waals surface area contributed by atoms with Crippen LogP contribution in [0.2, 0.25) is 0 Å². The summed E-state index contributed by atoms with van der Waals surface area (Å²) >= 11 is 0. The number of carbonyl (C=O) groups excluding carboxylic acids is 2. The lowest BCUT2D eigenvalue weighted by molar-refractivity contribution is -0.149. The molecular weight excluding hydrogens is 512 g/mol. The maximum atomic E-state index is 12.6. The molecule has 0 spiro atoms. The van der Waals surface area contributed by atoms with Crippen molar-refractivity contribution < 1.29 is 23.8 Å². The number of hydrogen-bond acceptors (Lipinski definition) is 10. The van der Waals surface area contributed by atoms with Gasteiger partial charge in [0.1, 0.15) is 29.9 Å². The van der Waals surface area contributed by atoms with E-state index in [1.54, 1.807) is 29.4 Å². The number of nitrogens with one attached hydrogen (secondary N) is 1. The summed E-state index contributed by atoms with van der Waals surface area (Å²) in [5.41, 5.74) is 7.86. The van der Waals surface area contributed by atoms with Crippen LogP contribution in [-0.2, 0) is 19.8 Å². The molecule has 3 aliphatic heterocycles. The summed E-state index contributed by atoms with van der Waals surface area (Å²) < 4.78 is 17.2. The summed E-state index contributed by atoms with van der Waals surface area (Å²) in [4.78, 5) is 40.5. The van der Waals surface area contributed by atoms with Crippen LogP contribution >= 0.6 is 0 Å². The van der Waals surface area contributed by atoms with Crippen LogP contribution in [0.25, 0.3) is 10.8 Å². The Balaban J connectivity index is 1.25. The minimum absolute atomic E-state index is 0.0298. The van der Waals surface area contributed by atoms with Gasteiger partial charge < -0.3 is 30.2 Å². The van der Waals surface area contributed by atoms with E-state index in [-0.39, 0.29) is 36.1 Å². The van der Waals surface area contributed by atoms with Crippen LogP contribution in [0.4, 0.5) is 11.6 Å². The summed E-state index contributed by atoms with van der Waals surface area (Å²) in [7, 11) is 0. The van der Waals surface area contributed by atoms with E-state index in [4.69, 9.17) is 24.9 Å². The van der Waals surface area contributed by atoms with Gasteiger partial charge in [-0.2, -0.15) is 0 Å². The lowest BCUT2D eigenvalue weighted by Gasteiger charge is -2.39. The summed E-state index contributed by atoms with van der Waals surface area (Å²) in [6, 6.07) is 5.37. The van der Waals surface area contributed by atoms with Crippen molar-refractivity contribution in [2.45, 2.75) is 70.3 Å². The fraction of sp³-hybridized carbons (Fsp3) is 0.483. The number of anilines is 2. The van der Waals surface area contributed by atoms with Gasteiger partial charge in [0, 0.05) is 30.5 Å². The van der Waals surface area contributed by atoms with Crippen LogP contribution in [0, 0.1) is 0 Å². The number of amides is 1. The zero-order valence-electron chi connectivity index (χ0n) is 23.1. The Morgan fingerprint density at radius 3 is 2.67 bits per heavy atom. The number of carbonyl (C=O) groups is 2. The molecule has 6 rings (SSSR count). The largest absolute Gasteiger partial charge is 0.470 e. The van der Waals surface area contributed by atoms with Gasteiger partial charge in [0.05, 0.1) is 29.7 Å². The Bertz CT molecular complexity index is 1480. The fourth-order valence-corrected chi connectivity index (χ4v) is 5.37. The van der Waals surface area contributed by atoms with Gasteiger partial charge >= 0.3 is 5.97 Å². The van der Waals surface area contributed by atoms with Crippen LogP contribution in [0.5, 0.6) is 5.88 Å². The monoisotopic (exact) mass is 546 g/mol. The van der Waals surface area contributed by atoms with Crippen molar-refractivity contribution in [3.63, 3.8) is 0 Å². The summed E-state index contributed by atoms with van der Waals surface area (Å²) in [6.07, 6.45) is 4.40. The quantitative estimate of drug-likeness (QED) is 0.442. The third kappa shape index (κ3) is 4.84. The molecule has 0 aromatic carbocycles. The number of nitrogens with zero attached hydrogens (tertiary/aromatic N) is 4. The number of ether oxygens (including phenoxy) is 3. The van der Waals surface area contributed by atoms with E-state index in [1.165, 1.54) is 0 Å². The van der Waals surface area contributed by atoms with Crippen LogP contribution in [0.15, 0.2) is 30.6 Å². The van der Waals surface area contributed by atoms with Crippen LogP contribution < -0.4 is 15.8 Å².